The van der Waals surface area contributed by atoms with Gasteiger partial charge in [0.15, 0.2) is 0 Å². The normalized spacial score (nSPS) is 14.9. The van der Waals surface area contributed by atoms with E-state index in [0.29, 0.717) is 0 Å². The van der Waals surface area contributed by atoms with Gasteiger partial charge in [-0.2, -0.15) is 0 Å². The zero-order valence-corrected chi connectivity index (χ0v) is 9.99. The van der Waals surface area contributed by atoms with Gasteiger partial charge in [-0.1, -0.05) is 0 Å². The summed E-state index contributed by atoms with van der Waals surface area (Å²) in [5, 5.41) is 0. The van der Waals surface area contributed by atoms with E-state index in [1.54, 1.807) is 0 Å². The molecule has 0 saturated carbocycles. The molecule has 1 rings (SSSR count). The van der Waals surface area contributed by atoms with Crippen LogP contribution in [0.4, 0.5) is 0 Å². The molecule has 0 radical (unpaired) electrons. The molecular formula is C9H20BrN3. The van der Waals surface area contributed by atoms with Crippen molar-refractivity contribution in [1.29, 1.82) is 0 Å². The first-order chi connectivity index (χ1) is 5.86. The smallest absolute Gasteiger partial charge is 0.0893 e. The van der Waals surface area contributed by atoms with Crippen molar-refractivity contribution in [3.05, 3.63) is 12.4 Å². The van der Waals surface area contributed by atoms with Gasteiger partial charge in [0.1, 0.15) is 0 Å². The molecule has 0 saturated heterocycles. The zero-order valence-electron chi connectivity index (χ0n) is 8.28. The molecule has 0 atom stereocenters. The average Bonchev–Trinajstić information content (AvgIpc) is 2.53. The first-order valence-electron chi connectivity index (χ1n) is 4.73. The molecule has 0 aromatic carbocycles. The first kappa shape index (κ1) is 12.8. The number of nitrogens with two attached hydrogens (primary N) is 1. The Bertz CT molecular complexity index is 150. The van der Waals surface area contributed by atoms with Crippen molar-refractivity contribution in [2.45, 2.75) is 19.8 Å². The van der Waals surface area contributed by atoms with Gasteiger partial charge in [0, 0.05) is 25.5 Å². The highest BCUT2D eigenvalue weighted by Crippen LogP contribution is 2.06. The Hall–Kier alpha value is -0.220. The van der Waals surface area contributed by atoms with E-state index in [4.69, 9.17) is 5.73 Å². The Kier molecular flexibility index (Phi) is 7.09. The maximum Gasteiger partial charge on any atom is 0.0893 e. The fourth-order valence-electron chi connectivity index (χ4n) is 1.33. The highest BCUT2D eigenvalue weighted by atomic mass is 79.9. The van der Waals surface area contributed by atoms with Crippen LogP contribution in [0.25, 0.3) is 0 Å². The second-order valence-electron chi connectivity index (χ2n) is 3.15. The molecule has 0 unspecified atom stereocenters. The molecule has 0 aromatic rings. The molecule has 0 aromatic heterocycles. The lowest BCUT2D eigenvalue weighted by atomic mass is 10.3. The van der Waals surface area contributed by atoms with Crippen molar-refractivity contribution in [3.63, 3.8) is 0 Å². The van der Waals surface area contributed by atoms with E-state index < -0.39 is 0 Å². The lowest BCUT2D eigenvalue weighted by molar-refractivity contribution is 0.270. The van der Waals surface area contributed by atoms with Gasteiger partial charge in [-0.25, -0.2) is 0 Å². The second-order valence-corrected chi connectivity index (χ2v) is 3.15. The van der Waals surface area contributed by atoms with Crippen LogP contribution in [0.1, 0.15) is 19.8 Å². The number of unbranched alkanes of at least 4 members (excludes halogenated alkanes) is 1. The minimum Gasteiger partial charge on any atom is -0.359 e. The quantitative estimate of drug-likeness (QED) is 0.748. The first-order valence-corrected chi connectivity index (χ1v) is 4.73. The SMILES string of the molecule is Br.CCN1C=CN(CCCCN)C1. The Labute approximate surface area is 91.3 Å². The van der Waals surface area contributed by atoms with Crippen molar-refractivity contribution in [2.75, 3.05) is 26.3 Å². The largest absolute Gasteiger partial charge is 0.359 e. The molecule has 2 N–H and O–H groups in total. The van der Waals surface area contributed by atoms with Gasteiger partial charge in [0.05, 0.1) is 6.67 Å². The predicted octanol–water partition coefficient (Wildman–Crippen LogP) is 1.37. The molecular weight excluding hydrogens is 230 g/mol. The van der Waals surface area contributed by atoms with Crippen molar-refractivity contribution in [2.24, 2.45) is 5.73 Å². The third-order valence-electron chi connectivity index (χ3n) is 2.16. The minimum atomic E-state index is 0. The second kappa shape index (κ2) is 7.21. The lowest BCUT2D eigenvalue weighted by Gasteiger charge is -2.19. The van der Waals surface area contributed by atoms with E-state index in [9.17, 15) is 0 Å². The van der Waals surface area contributed by atoms with Gasteiger partial charge in [-0.15, -0.1) is 17.0 Å². The molecule has 4 heteroatoms. The van der Waals surface area contributed by atoms with E-state index >= 15 is 0 Å². The predicted molar refractivity (Wildman–Crippen MR) is 61.7 cm³/mol. The summed E-state index contributed by atoms with van der Waals surface area (Å²) < 4.78 is 0. The molecule has 3 nitrogen and oxygen atoms in total. The van der Waals surface area contributed by atoms with Crippen LogP contribution in [0.15, 0.2) is 12.4 Å². The molecule has 1 heterocycles. The maximum atomic E-state index is 5.42. The monoisotopic (exact) mass is 249 g/mol. The molecule has 0 bridgehead atoms. The molecule has 0 aliphatic carbocycles. The Balaban J connectivity index is 0.00000144. The van der Waals surface area contributed by atoms with Crippen LogP contribution in [0.3, 0.4) is 0 Å². The van der Waals surface area contributed by atoms with Crippen LogP contribution in [-0.4, -0.2) is 36.1 Å². The van der Waals surface area contributed by atoms with Gasteiger partial charge in [0.25, 0.3) is 0 Å². The molecule has 1 aliphatic heterocycles. The van der Waals surface area contributed by atoms with Crippen LogP contribution >= 0.6 is 17.0 Å². The van der Waals surface area contributed by atoms with Gasteiger partial charge >= 0.3 is 0 Å². The average molecular weight is 250 g/mol. The summed E-state index contributed by atoms with van der Waals surface area (Å²) in [5.74, 6) is 0. The van der Waals surface area contributed by atoms with Crippen LogP contribution < -0.4 is 5.73 Å². The summed E-state index contributed by atoms with van der Waals surface area (Å²) in [6.07, 6.45) is 6.66. The highest BCUT2D eigenvalue weighted by molar-refractivity contribution is 8.93. The van der Waals surface area contributed by atoms with Gasteiger partial charge in [-0.3, -0.25) is 0 Å². The summed E-state index contributed by atoms with van der Waals surface area (Å²) in [6.45, 7) is 6.29. The van der Waals surface area contributed by atoms with Gasteiger partial charge in [0.2, 0.25) is 0 Å². The Morgan fingerprint density at radius 1 is 1.23 bits per heavy atom. The Morgan fingerprint density at radius 3 is 2.46 bits per heavy atom. The minimum absolute atomic E-state index is 0. The van der Waals surface area contributed by atoms with E-state index in [1.807, 2.05) is 0 Å². The van der Waals surface area contributed by atoms with E-state index in [2.05, 4.69) is 29.1 Å². The molecule has 13 heavy (non-hydrogen) atoms. The standard InChI is InChI=1S/C9H19N3.BrH/c1-2-11-7-8-12(9-11)6-4-3-5-10;/h7-8H,2-6,9-10H2,1H3;1H. The molecule has 1 aliphatic rings. The van der Waals surface area contributed by atoms with Crippen LogP contribution in [0, 0.1) is 0 Å². The van der Waals surface area contributed by atoms with Crippen LogP contribution in [0.2, 0.25) is 0 Å². The van der Waals surface area contributed by atoms with Gasteiger partial charge in [-0.05, 0) is 26.3 Å². The number of nitrogens with zero attached hydrogens (tertiary/aromatic N) is 2. The highest BCUT2D eigenvalue weighted by Gasteiger charge is 2.08. The van der Waals surface area contributed by atoms with Crippen molar-refractivity contribution >= 4 is 17.0 Å². The van der Waals surface area contributed by atoms with Crippen LogP contribution in [0.5, 0.6) is 0 Å². The molecule has 78 valence electrons. The molecule has 0 amide bonds. The van der Waals surface area contributed by atoms with Crippen molar-refractivity contribution < 1.29 is 0 Å². The maximum absolute atomic E-state index is 5.42. The van der Waals surface area contributed by atoms with E-state index in [1.165, 1.54) is 6.42 Å². The van der Waals surface area contributed by atoms with E-state index in [0.717, 1.165) is 32.7 Å². The third-order valence-corrected chi connectivity index (χ3v) is 2.16. The Morgan fingerprint density at radius 2 is 1.92 bits per heavy atom. The summed E-state index contributed by atoms with van der Waals surface area (Å²) >= 11 is 0. The summed E-state index contributed by atoms with van der Waals surface area (Å²) in [7, 11) is 0. The topological polar surface area (TPSA) is 32.5 Å². The summed E-state index contributed by atoms with van der Waals surface area (Å²) in [6, 6.07) is 0. The number of rotatable bonds is 5. The molecule has 0 fully saturated rings. The van der Waals surface area contributed by atoms with Crippen molar-refractivity contribution in [1.82, 2.24) is 9.80 Å². The zero-order chi connectivity index (χ0) is 8.81. The van der Waals surface area contributed by atoms with E-state index in [-0.39, 0.29) is 17.0 Å². The van der Waals surface area contributed by atoms with Gasteiger partial charge < -0.3 is 15.5 Å². The molecule has 0 spiro atoms. The lowest BCUT2D eigenvalue weighted by Crippen LogP contribution is -2.26. The number of hydrogen-bond acceptors (Lipinski definition) is 3. The fourth-order valence-corrected chi connectivity index (χ4v) is 1.33. The fraction of sp³-hybridized carbons (Fsp3) is 0.778. The number of halogens is 1. The number of hydrogen-bond donors (Lipinski definition) is 1. The third kappa shape index (κ3) is 4.52. The summed E-state index contributed by atoms with van der Waals surface area (Å²) in [5.41, 5.74) is 5.42. The van der Waals surface area contributed by atoms with Crippen molar-refractivity contribution in [3.8, 4) is 0 Å². The summed E-state index contributed by atoms with van der Waals surface area (Å²) in [4.78, 5) is 4.63. The van der Waals surface area contributed by atoms with Crippen LogP contribution in [-0.2, 0) is 0 Å².